The minimum Gasteiger partial charge on any atom is -0.490 e. The lowest BCUT2D eigenvalue weighted by molar-refractivity contribution is -0.122. The molecule has 0 spiro atoms. The minimum atomic E-state index is -0.777. The number of para-hydroxylation sites is 1. The molecule has 0 aromatic heterocycles. The van der Waals surface area contributed by atoms with Gasteiger partial charge in [0.05, 0.1) is 15.9 Å². The fourth-order valence-corrected chi connectivity index (χ4v) is 4.76. The quantitative estimate of drug-likeness (QED) is 0.206. The molecule has 1 N–H and O–H groups in total. The van der Waals surface area contributed by atoms with Crippen molar-refractivity contribution in [2.75, 3.05) is 11.5 Å². The van der Waals surface area contributed by atoms with Crippen LogP contribution in [0.5, 0.6) is 11.5 Å². The molecule has 1 aliphatic rings. The molecule has 1 heterocycles. The number of imide groups is 2. The predicted octanol–water partition coefficient (Wildman–Crippen LogP) is 5.86. The number of amides is 4. The summed E-state index contributed by atoms with van der Waals surface area (Å²) in [5, 5.41) is 2.27. The Kier molecular flexibility index (Phi) is 7.97. The highest BCUT2D eigenvalue weighted by atomic mass is 127. The van der Waals surface area contributed by atoms with E-state index in [-0.39, 0.29) is 5.57 Å². The fourth-order valence-electron chi connectivity index (χ4n) is 3.98. The Balaban J connectivity index is 1.66. The Morgan fingerprint density at radius 2 is 1.68 bits per heavy atom. The molecular formula is C29H27IN2O5. The van der Waals surface area contributed by atoms with E-state index >= 15 is 0 Å². The second-order valence-corrected chi connectivity index (χ2v) is 9.88. The lowest BCUT2D eigenvalue weighted by Crippen LogP contribution is -2.54. The molecule has 0 bridgehead atoms. The zero-order valence-electron chi connectivity index (χ0n) is 21.1. The number of benzene rings is 3. The fraction of sp³-hybridized carbons (Fsp3) is 0.207. The van der Waals surface area contributed by atoms with Gasteiger partial charge in [0.2, 0.25) is 0 Å². The Morgan fingerprint density at radius 1 is 0.919 bits per heavy atom. The minimum absolute atomic E-state index is 0.148. The molecule has 4 rings (SSSR count). The zero-order valence-corrected chi connectivity index (χ0v) is 23.2. The molecular weight excluding hydrogens is 583 g/mol. The van der Waals surface area contributed by atoms with Crippen molar-refractivity contribution in [3.8, 4) is 11.5 Å². The largest absolute Gasteiger partial charge is 0.490 e. The van der Waals surface area contributed by atoms with E-state index in [0.717, 1.165) is 19.6 Å². The van der Waals surface area contributed by atoms with Crippen molar-refractivity contribution < 1.29 is 23.9 Å². The average Bonchev–Trinajstić information content (AvgIpc) is 2.84. The summed E-state index contributed by atoms with van der Waals surface area (Å²) < 4.78 is 12.7. The second kappa shape index (κ2) is 11.2. The van der Waals surface area contributed by atoms with Gasteiger partial charge in [-0.2, -0.15) is 0 Å². The first-order valence-corrected chi connectivity index (χ1v) is 12.9. The maximum absolute atomic E-state index is 13.3. The van der Waals surface area contributed by atoms with Crippen LogP contribution in [-0.4, -0.2) is 24.5 Å². The van der Waals surface area contributed by atoms with E-state index in [1.807, 2.05) is 19.1 Å². The molecule has 0 unspecified atom stereocenters. The maximum atomic E-state index is 13.3. The molecule has 190 valence electrons. The van der Waals surface area contributed by atoms with Crippen LogP contribution in [0.3, 0.4) is 0 Å². The second-order valence-electron chi connectivity index (χ2n) is 8.71. The average molecular weight is 610 g/mol. The van der Waals surface area contributed by atoms with Crippen molar-refractivity contribution >= 4 is 52.2 Å². The number of urea groups is 1. The number of carbonyl (C=O) groups is 3. The van der Waals surface area contributed by atoms with Gasteiger partial charge in [0.15, 0.2) is 11.5 Å². The summed E-state index contributed by atoms with van der Waals surface area (Å²) in [5.41, 5.74) is 5.03. The third-order valence-electron chi connectivity index (χ3n) is 6.06. The summed E-state index contributed by atoms with van der Waals surface area (Å²) in [4.78, 5) is 39.5. The molecule has 7 nitrogen and oxygen atoms in total. The van der Waals surface area contributed by atoms with E-state index in [4.69, 9.17) is 9.47 Å². The summed E-state index contributed by atoms with van der Waals surface area (Å²) in [6, 6.07) is 15.9. The molecule has 0 saturated carbocycles. The number of anilines is 1. The Hall–Kier alpha value is -3.66. The third kappa shape index (κ3) is 5.69. The molecule has 0 radical (unpaired) electrons. The van der Waals surface area contributed by atoms with Gasteiger partial charge in [-0.15, -0.1) is 0 Å². The van der Waals surface area contributed by atoms with Gasteiger partial charge in [0.25, 0.3) is 11.8 Å². The molecule has 37 heavy (non-hydrogen) atoms. The van der Waals surface area contributed by atoms with Crippen LogP contribution in [0.15, 0.2) is 60.2 Å². The normalized spacial score (nSPS) is 14.7. The van der Waals surface area contributed by atoms with Gasteiger partial charge >= 0.3 is 6.03 Å². The van der Waals surface area contributed by atoms with Crippen LogP contribution in [0.2, 0.25) is 0 Å². The summed E-state index contributed by atoms with van der Waals surface area (Å²) in [6.07, 6.45) is 1.47. The number of nitrogens with zero attached hydrogens (tertiary/aromatic N) is 1. The van der Waals surface area contributed by atoms with E-state index < -0.39 is 17.8 Å². The van der Waals surface area contributed by atoms with Crippen LogP contribution in [0, 0.1) is 24.3 Å². The summed E-state index contributed by atoms with van der Waals surface area (Å²) in [6.45, 7) is 8.57. The first kappa shape index (κ1) is 26.4. The number of hydrogen-bond acceptors (Lipinski definition) is 5. The van der Waals surface area contributed by atoms with Gasteiger partial charge < -0.3 is 9.47 Å². The van der Waals surface area contributed by atoms with E-state index in [2.05, 4.69) is 53.9 Å². The number of barbiturate groups is 1. The molecule has 0 atom stereocenters. The van der Waals surface area contributed by atoms with Gasteiger partial charge in [-0.1, -0.05) is 36.4 Å². The van der Waals surface area contributed by atoms with Gasteiger partial charge in [0.1, 0.15) is 12.2 Å². The Morgan fingerprint density at radius 3 is 2.38 bits per heavy atom. The van der Waals surface area contributed by atoms with Gasteiger partial charge in [-0.05, 0) is 102 Å². The van der Waals surface area contributed by atoms with Crippen LogP contribution >= 0.6 is 22.6 Å². The summed E-state index contributed by atoms with van der Waals surface area (Å²) >= 11 is 2.15. The van der Waals surface area contributed by atoms with Crippen LogP contribution in [0.25, 0.3) is 6.08 Å². The predicted molar refractivity (Wildman–Crippen MR) is 151 cm³/mol. The van der Waals surface area contributed by atoms with Crippen molar-refractivity contribution in [2.24, 2.45) is 0 Å². The number of hydrogen-bond donors (Lipinski definition) is 1. The number of carbonyl (C=O) groups excluding carboxylic acids is 3. The number of ether oxygens (including phenoxy) is 2. The lowest BCUT2D eigenvalue weighted by Gasteiger charge is -2.27. The standard InChI is InChI=1S/C29H27IN2O5/c1-5-36-25-15-21(14-23(30)26(25)37-16-20-11-10-17(2)19(4)12-20)13-22-27(33)31-29(35)32(28(22)34)24-9-7-6-8-18(24)3/h6-15H,5,16H2,1-4H3,(H,31,33,35)/b22-13+. The SMILES string of the molecule is CCOc1cc(/C=C2\C(=O)NC(=O)N(c3ccccc3C)C2=O)cc(I)c1OCc1ccc(C)c(C)c1. The van der Waals surface area contributed by atoms with E-state index in [1.54, 1.807) is 37.3 Å². The molecule has 0 aliphatic carbocycles. The topological polar surface area (TPSA) is 84.9 Å². The molecule has 4 amide bonds. The van der Waals surface area contributed by atoms with Crippen molar-refractivity contribution in [3.05, 3.63) is 91.6 Å². The first-order valence-electron chi connectivity index (χ1n) is 11.8. The molecule has 8 heteroatoms. The maximum Gasteiger partial charge on any atom is 0.335 e. The Labute approximate surface area is 229 Å². The summed E-state index contributed by atoms with van der Waals surface area (Å²) in [7, 11) is 0. The van der Waals surface area contributed by atoms with Crippen LogP contribution in [0.4, 0.5) is 10.5 Å². The highest BCUT2D eigenvalue weighted by molar-refractivity contribution is 14.1. The van der Waals surface area contributed by atoms with Crippen molar-refractivity contribution in [1.82, 2.24) is 5.32 Å². The molecule has 1 fully saturated rings. The van der Waals surface area contributed by atoms with Crippen LogP contribution in [-0.2, 0) is 16.2 Å². The highest BCUT2D eigenvalue weighted by Crippen LogP contribution is 2.36. The number of aryl methyl sites for hydroxylation is 3. The monoisotopic (exact) mass is 610 g/mol. The number of nitrogens with one attached hydrogen (secondary N) is 1. The van der Waals surface area contributed by atoms with Crippen molar-refractivity contribution in [1.29, 1.82) is 0 Å². The van der Waals surface area contributed by atoms with Gasteiger partial charge in [0, 0.05) is 0 Å². The van der Waals surface area contributed by atoms with Gasteiger partial charge in [-0.3, -0.25) is 14.9 Å². The third-order valence-corrected chi connectivity index (χ3v) is 6.86. The van der Waals surface area contributed by atoms with E-state index in [9.17, 15) is 14.4 Å². The molecule has 3 aromatic carbocycles. The summed E-state index contributed by atoms with van der Waals surface area (Å²) in [5.74, 6) is -0.353. The zero-order chi connectivity index (χ0) is 26.7. The molecule has 1 aliphatic heterocycles. The number of halogens is 1. The highest BCUT2D eigenvalue weighted by Gasteiger charge is 2.37. The Bertz CT molecular complexity index is 1430. The molecule has 1 saturated heterocycles. The van der Waals surface area contributed by atoms with Gasteiger partial charge in [-0.25, -0.2) is 9.69 Å². The van der Waals surface area contributed by atoms with E-state index in [0.29, 0.717) is 36.0 Å². The van der Waals surface area contributed by atoms with Crippen molar-refractivity contribution in [3.63, 3.8) is 0 Å². The number of rotatable bonds is 7. The van der Waals surface area contributed by atoms with Crippen LogP contribution < -0.4 is 19.7 Å². The van der Waals surface area contributed by atoms with E-state index in [1.165, 1.54) is 17.2 Å². The smallest absolute Gasteiger partial charge is 0.335 e. The molecule has 3 aromatic rings. The first-order chi connectivity index (χ1) is 17.7. The lowest BCUT2D eigenvalue weighted by atomic mass is 10.1. The van der Waals surface area contributed by atoms with Crippen LogP contribution in [0.1, 0.15) is 34.7 Å². The van der Waals surface area contributed by atoms with Crippen molar-refractivity contribution in [2.45, 2.75) is 34.3 Å².